The van der Waals surface area contributed by atoms with Crippen molar-refractivity contribution in [2.75, 3.05) is 11.9 Å². The van der Waals surface area contributed by atoms with E-state index >= 15 is 0 Å². The van der Waals surface area contributed by atoms with Gasteiger partial charge < -0.3 is 5.11 Å². The van der Waals surface area contributed by atoms with E-state index in [4.69, 9.17) is 5.11 Å². The van der Waals surface area contributed by atoms with Gasteiger partial charge in [-0.1, -0.05) is 11.8 Å². The Bertz CT molecular complexity index is 716. The number of aliphatic hydroxyl groups is 1. The number of carbonyl (C=O) groups excluding carboxylic acids is 1. The van der Waals surface area contributed by atoms with E-state index < -0.39 is 11.7 Å². The fraction of sp³-hybridized carbons (Fsp3) is 0.200. The van der Waals surface area contributed by atoms with E-state index in [1.165, 1.54) is 29.5 Å². The fourth-order valence-corrected chi connectivity index (χ4v) is 2.23. The monoisotopic (exact) mass is 304 g/mol. The molecule has 1 aromatic heterocycles. The lowest BCUT2D eigenvalue weighted by Crippen LogP contribution is -2.13. The van der Waals surface area contributed by atoms with Gasteiger partial charge in [0.05, 0.1) is 12.2 Å². The lowest BCUT2D eigenvalue weighted by Gasteiger charge is -2.03. The number of thiazole rings is 1. The molecule has 0 aliphatic carbocycles. The van der Waals surface area contributed by atoms with Crippen molar-refractivity contribution in [2.45, 2.75) is 13.3 Å². The zero-order valence-electron chi connectivity index (χ0n) is 11.3. The number of aliphatic hydroxyl groups excluding tert-OH is 1. The van der Waals surface area contributed by atoms with Crippen molar-refractivity contribution in [3.05, 3.63) is 46.2 Å². The van der Waals surface area contributed by atoms with Gasteiger partial charge >= 0.3 is 0 Å². The first kappa shape index (κ1) is 15.2. The maximum absolute atomic E-state index is 13.8. The third kappa shape index (κ3) is 4.12. The molecule has 1 amide bonds. The summed E-state index contributed by atoms with van der Waals surface area (Å²) in [5.41, 5.74) is 0.434. The van der Waals surface area contributed by atoms with Gasteiger partial charge in [-0.25, -0.2) is 9.37 Å². The number of benzene rings is 1. The number of halogens is 1. The highest BCUT2D eigenvalue weighted by atomic mass is 32.1. The molecule has 4 nitrogen and oxygen atoms in total. The molecule has 0 radical (unpaired) electrons. The SMILES string of the molecule is Cc1cnc(NC(=O)c2cc(C#CCCO)ccc2F)s1. The van der Waals surface area contributed by atoms with Crippen LogP contribution >= 0.6 is 11.3 Å². The maximum Gasteiger partial charge on any atom is 0.260 e. The van der Waals surface area contributed by atoms with Gasteiger partial charge in [0.1, 0.15) is 5.82 Å². The van der Waals surface area contributed by atoms with E-state index in [-0.39, 0.29) is 12.2 Å². The molecule has 2 rings (SSSR count). The number of amides is 1. The van der Waals surface area contributed by atoms with Crippen molar-refractivity contribution in [2.24, 2.45) is 0 Å². The van der Waals surface area contributed by atoms with Crippen LogP contribution in [-0.4, -0.2) is 22.6 Å². The number of aryl methyl sites for hydroxylation is 1. The summed E-state index contributed by atoms with van der Waals surface area (Å²) in [5.74, 6) is 4.31. The van der Waals surface area contributed by atoms with Crippen LogP contribution < -0.4 is 5.32 Å². The highest BCUT2D eigenvalue weighted by Gasteiger charge is 2.13. The minimum Gasteiger partial charge on any atom is -0.395 e. The number of hydrogen-bond acceptors (Lipinski definition) is 4. The van der Waals surface area contributed by atoms with Gasteiger partial charge in [-0.2, -0.15) is 0 Å². The molecule has 21 heavy (non-hydrogen) atoms. The van der Waals surface area contributed by atoms with E-state index in [1.54, 1.807) is 6.20 Å². The highest BCUT2D eigenvalue weighted by molar-refractivity contribution is 7.15. The Morgan fingerprint density at radius 2 is 2.33 bits per heavy atom. The van der Waals surface area contributed by atoms with Gasteiger partial charge in [0, 0.05) is 23.1 Å². The summed E-state index contributed by atoms with van der Waals surface area (Å²) < 4.78 is 13.8. The Morgan fingerprint density at radius 1 is 1.52 bits per heavy atom. The van der Waals surface area contributed by atoms with Crippen LogP contribution in [0.4, 0.5) is 9.52 Å². The quantitative estimate of drug-likeness (QED) is 0.857. The van der Waals surface area contributed by atoms with Crippen LogP contribution in [0.3, 0.4) is 0 Å². The summed E-state index contributed by atoms with van der Waals surface area (Å²) in [6, 6.07) is 4.07. The van der Waals surface area contributed by atoms with Crippen LogP contribution in [0.15, 0.2) is 24.4 Å². The predicted octanol–water partition coefficient (Wildman–Crippen LogP) is 2.58. The van der Waals surface area contributed by atoms with Crippen molar-refractivity contribution in [3.8, 4) is 11.8 Å². The second-order valence-corrected chi connectivity index (χ2v) is 5.43. The lowest BCUT2D eigenvalue weighted by atomic mass is 10.1. The first-order chi connectivity index (χ1) is 10.1. The molecule has 0 unspecified atom stereocenters. The molecular weight excluding hydrogens is 291 g/mol. The van der Waals surface area contributed by atoms with Crippen LogP contribution in [0.5, 0.6) is 0 Å². The number of carbonyl (C=O) groups is 1. The molecule has 0 aliphatic rings. The van der Waals surface area contributed by atoms with Crippen LogP contribution in [-0.2, 0) is 0 Å². The van der Waals surface area contributed by atoms with E-state index in [9.17, 15) is 9.18 Å². The summed E-state index contributed by atoms with van der Waals surface area (Å²) in [7, 11) is 0. The molecule has 108 valence electrons. The first-order valence-corrected chi connectivity index (χ1v) is 7.05. The molecule has 0 spiro atoms. The molecule has 0 saturated carbocycles. The molecule has 0 aliphatic heterocycles. The molecule has 2 N–H and O–H groups in total. The summed E-state index contributed by atoms with van der Waals surface area (Å²) in [4.78, 5) is 17.0. The Balaban J connectivity index is 2.20. The minimum atomic E-state index is -0.617. The van der Waals surface area contributed by atoms with Crippen molar-refractivity contribution in [1.82, 2.24) is 4.98 Å². The molecule has 0 saturated heterocycles. The Morgan fingerprint density at radius 3 is 3.00 bits per heavy atom. The molecule has 2 aromatic rings. The maximum atomic E-state index is 13.8. The van der Waals surface area contributed by atoms with Gasteiger partial charge in [-0.05, 0) is 25.1 Å². The second kappa shape index (κ2) is 6.97. The normalized spacial score (nSPS) is 9.86. The number of nitrogens with one attached hydrogen (secondary N) is 1. The standard InChI is InChI=1S/C15H13FN2O2S/c1-10-9-17-15(21-10)18-14(20)12-8-11(4-2-3-7-19)5-6-13(12)16/h5-6,8-9,19H,3,7H2,1H3,(H,17,18,20). The molecule has 1 aromatic carbocycles. The lowest BCUT2D eigenvalue weighted by molar-refractivity contribution is 0.102. The number of aromatic nitrogens is 1. The highest BCUT2D eigenvalue weighted by Crippen LogP contribution is 2.18. The molecular formula is C15H13FN2O2S. The van der Waals surface area contributed by atoms with Gasteiger partial charge in [0.15, 0.2) is 5.13 Å². The van der Waals surface area contributed by atoms with Crippen LogP contribution in [0.2, 0.25) is 0 Å². The van der Waals surface area contributed by atoms with Gasteiger partial charge in [0.25, 0.3) is 5.91 Å². The molecule has 0 atom stereocenters. The van der Waals surface area contributed by atoms with Crippen molar-refractivity contribution < 1.29 is 14.3 Å². The van der Waals surface area contributed by atoms with E-state index in [1.807, 2.05) is 6.92 Å². The predicted molar refractivity (Wildman–Crippen MR) is 79.8 cm³/mol. The molecule has 0 bridgehead atoms. The third-order valence-electron chi connectivity index (χ3n) is 2.52. The van der Waals surface area contributed by atoms with Crippen molar-refractivity contribution in [3.63, 3.8) is 0 Å². The van der Waals surface area contributed by atoms with E-state index in [0.717, 1.165) is 4.88 Å². The second-order valence-electron chi connectivity index (χ2n) is 4.20. The summed E-state index contributed by atoms with van der Waals surface area (Å²) in [6.45, 7) is 1.83. The average molecular weight is 304 g/mol. The number of hydrogen-bond donors (Lipinski definition) is 2. The van der Waals surface area contributed by atoms with Crippen LogP contribution in [0.25, 0.3) is 0 Å². The average Bonchev–Trinajstić information content (AvgIpc) is 2.86. The Labute approximate surface area is 125 Å². The summed E-state index contributed by atoms with van der Waals surface area (Å²) in [5, 5.41) is 11.6. The third-order valence-corrected chi connectivity index (χ3v) is 3.35. The van der Waals surface area contributed by atoms with Crippen LogP contribution in [0, 0.1) is 24.6 Å². The van der Waals surface area contributed by atoms with Crippen LogP contribution in [0.1, 0.15) is 27.2 Å². The van der Waals surface area contributed by atoms with E-state index in [0.29, 0.717) is 17.1 Å². The van der Waals surface area contributed by atoms with Crippen molar-refractivity contribution in [1.29, 1.82) is 0 Å². The van der Waals surface area contributed by atoms with Crippen molar-refractivity contribution >= 4 is 22.4 Å². The Kier molecular flexibility index (Phi) is 5.04. The summed E-state index contributed by atoms with van der Waals surface area (Å²) in [6.07, 6.45) is 1.96. The zero-order chi connectivity index (χ0) is 15.2. The molecule has 6 heteroatoms. The number of rotatable bonds is 3. The van der Waals surface area contributed by atoms with Gasteiger partial charge in [-0.3, -0.25) is 10.1 Å². The summed E-state index contributed by atoms with van der Waals surface area (Å²) >= 11 is 1.32. The zero-order valence-corrected chi connectivity index (χ0v) is 12.1. The van der Waals surface area contributed by atoms with E-state index in [2.05, 4.69) is 22.1 Å². The fourth-order valence-electron chi connectivity index (χ4n) is 1.57. The number of anilines is 1. The minimum absolute atomic E-state index is 0.0368. The first-order valence-electron chi connectivity index (χ1n) is 6.23. The number of nitrogens with zero attached hydrogens (tertiary/aromatic N) is 1. The van der Waals surface area contributed by atoms with Gasteiger partial charge in [-0.15, -0.1) is 11.3 Å². The largest absolute Gasteiger partial charge is 0.395 e. The van der Waals surface area contributed by atoms with Gasteiger partial charge in [0.2, 0.25) is 0 Å². The molecule has 0 fully saturated rings. The smallest absolute Gasteiger partial charge is 0.260 e. The molecule has 1 heterocycles. The Hall–Kier alpha value is -2.23. The topological polar surface area (TPSA) is 62.2 Å².